The van der Waals surface area contributed by atoms with E-state index in [1.54, 1.807) is 18.2 Å². The van der Waals surface area contributed by atoms with Crippen LogP contribution in [0.1, 0.15) is 48.0 Å². The maximum atomic E-state index is 12.4. The molecule has 1 aromatic rings. The number of carbonyl (C=O) groups is 1. The minimum atomic E-state index is -0.965. The first-order valence-corrected chi connectivity index (χ1v) is 7.82. The van der Waals surface area contributed by atoms with E-state index in [0.717, 1.165) is 31.2 Å². The molecule has 1 heterocycles. The standard InChI is InChI=1S/C16H19BN2O3/c18-9-15(11-4-2-1-3-5-11)19-16(20)12-6-7-13-10-22-17(21)14(13)8-12/h6-8,11,15,21H,1-5,10H2,(H,19,20). The summed E-state index contributed by atoms with van der Waals surface area (Å²) in [6, 6.07) is 6.94. The molecule has 1 atom stereocenters. The SMILES string of the molecule is N#CC(NC(=O)c1ccc2c(c1)B(O)OC2)C1CCCCC1. The normalized spacial score (nSPS) is 19.4. The van der Waals surface area contributed by atoms with Gasteiger partial charge in [-0.15, -0.1) is 0 Å². The molecule has 1 unspecified atom stereocenters. The molecule has 2 N–H and O–H groups in total. The zero-order chi connectivity index (χ0) is 15.5. The molecule has 2 aliphatic rings. The summed E-state index contributed by atoms with van der Waals surface area (Å²) in [5, 5.41) is 21.9. The van der Waals surface area contributed by atoms with Crippen LogP contribution < -0.4 is 10.8 Å². The van der Waals surface area contributed by atoms with E-state index in [1.807, 2.05) is 0 Å². The van der Waals surface area contributed by atoms with Gasteiger partial charge in [0, 0.05) is 5.56 Å². The van der Waals surface area contributed by atoms with E-state index >= 15 is 0 Å². The fourth-order valence-electron chi connectivity index (χ4n) is 3.30. The molecule has 0 aromatic heterocycles. The molecule has 0 saturated heterocycles. The van der Waals surface area contributed by atoms with Crippen molar-refractivity contribution in [2.24, 2.45) is 5.92 Å². The topological polar surface area (TPSA) is 82.4 Å². The zero-order valence-electron chi connectivity index (χ0n) is 12.4. The van der Waals surface area contributed by atoms with E-state index in [1.165, 1.54) is 6.42 Å². The van der Waals surface area contributed by atoms with E-state index in [4.69, 9.17) is 4.65 Å². The quantitative estimate of drug-likeness (QED) is 0.819. The summed E-state index contributed by atoms with van der Waals surface area (Å²) >= 11 is 0. The van der Waals surface area contributed by atoms with Crippen molar-refractivity contribution in [3.8, 4) is 6.07 Å². The van der Waals surface area contributed by atoms with Crippen LogP contribution in [-0.2, 0) is 11.3 Å². The zero-order valence-corrected chi connectivity index (χ0v) is 12.4. The maximum Gasteiger partial charge on any atom is 0.491 e. The Kier molecular flexibility index (Phi) is 4.46. The van der Waals surface area contributed by atoms with Crippen LogP contribution in [0.15, 0.2) is 18.2 Å². The average molecular weight is 298 g/mol. The fourth-order valence-corrected chi connectivity index (χ4v) is 3.30. The average Bonchev–Trinajstić information content (AvgIpc) is 2.94. The second-order valence-corrected chi connectivity index (χ2v) is 6.06. The molecule has 1 saturated carbocycles. The smallest absolute Gasteiger partial charge is 0.423 e. The number of hydrogen-bond acceptors (Lipinski definition) is 4. The van der Waals surface area contributed by atoms with E-state index in [-0.39, 0.29) is 11.8 Å². The van der Waals surface area contributed by atoms with Crippen LogP contribution in [0, 0.1) is 17.2 Å². The molecule has 1 aromatic carbocycles. The number of benzene rings is 1. The third kappa shape index (κ3) is 3.01. The van der Waals surface area contributed by atoms with Gasteiger partial charge in [0.2, 0.25) is 0 Å². The lowest BCUT2D eigenvalue weighted by atomic mass is 9.78. The summed E-state index contributed by atoms with van der Waals surface area (Å²) in [6.07, 6.45) is 5.46. The van der Waals surface area contributed by atoms with Gasteiger partial charge in [-0.25, -0.2) is 0 Å². The Labute approximate surface area is 130 Å². The van der Waals surface area contributed by atoms with Gasteiger partial charge < -0.3 is 15.0 Å². The Hall–Kier alpha value is -1.84. The fraction of sp³-hybridized carbons (Fsp3) is 0.500. The third-order valence-corrected chi connectivity index (χ3v) is 4.62. The number of nitrogens with one attached hydrogen (secondary N) is 1. The van der Waals surface area contributed by atoms with Crippen molar-refractivity contribution in [1.29, 1.82) is 5.26 Å². The highest BCUT2D eigenvalue weighted by atomic mass is 16.5. The summed E-state index contributed by atoms with van der Waals surface area (Å²) in [4.78, 5) is 12.4. The van der Waals surface area contributed by atoms with E-state index in [2.05, 4.69) is 11.4 Å². The van der Waals surface area contributed by atoms with Gasteiger partial charge >= 0.3 is 7.12 Å². The molecular weight excluding hydrogens is 279 g/mol. The second-order valence-electron chi connectivity index (χ2n) is 6.06. The highest BCUT2D eigenvalue weighted by Crippen LogP contribution is 2.26. The molecule has 114 valence electrons. The van der Waals surface area contributed by atoms with Gasteiger partial charge in [0.1, 0.15) is 6.04 Å². The van der Waals surface area contributed by atoms with Crippen LogP contribution in [-0.4, -0.2) is 24.1 Å². The number of carbonyl (C=O) groups excluding carboxylic acids is 1. The van der Waals surface area contributed by atoms with Crippen LogP contribution in [0.5, 0.6) is 0 Å². The maximum absolute atomic E-state index is 12.4. The predicted octanol–water partition coefficient (Wildman–Crippen LogP) is 1.11. The van der Waals surface area contributed by atoms with Gasteiger partial charge in [0.25, 0.3) is 5.91 Å². The summed E-state index contributed by atoms with van der Waals surface area (Å²) < 4.78 is 5.13. The van der Waals surface area contributed by atoms with Crippen molar-refractivity contribution >= 4 is 18.5 Å². The molecule has 0 bridgehead atoms. The molecule has 6 heteroatoms. The first-order valence-electron chi connectivity index (χ1n) is 7.82. The van der Waals surface area contributed by atoms with Crippen LogP contribution in [0.3, 0.4) is 0 Å². The number of rotatable bonds is 3. The van der Waals surface area contributed by atoms with Crippen LogP contribution in [0.2, 0.25) is 0 Å². The van der Waals surface area contributed by atoms with Crippen LogP contribution in [0.25, 0.3) is 0 Å². The van der Waals surface area contributed by atoms with Gasteiger partial charge in [-0.1, -0.05) is 25.3 Å². The van der Waals surface area contributed by atoms with Crippen LogP contribution >= 0.6 is 0 Å². The van der Waals surface area contributed by atoms with Crippen molar-refractivity contribution in [2.75, 3.05) is 0 Å². The lowest BCUT2D eigenvalue weighted by Crippen LogP contribution is -2.40. The summed E-state index contributed by atoms with van der Waals surface area (Å²) in [5.41, 5.74) is 1.99. The van der Waals surface area contributed by atoms with Crippen molar-refractivity contribution < 1.29 is 14.5 Å². The summed E-state index contributed by atoms with van der Waals surface area (Å²) in [6.45, 7) is 0.362. The predicted molar refractivity (Wildman–Crippen MR) is 82.3 cm³/mol. The van der Waals surface area contributed by atoms with E-state index in [9.17, 15) is 15.1 Å². The molecule has 1 fully saturated rings. The van der Waals surface area contributed by atoms with E-state index < -0.39 is 13.2 Å². The van der Waals surface area contributed by atoms with Gasteiger partial charge in [0.15, 0.2) is 0 Å². The number of fused-ring (bicyclic) bond motifs is 1. The Morgan fingerprint density at radius 2 is 2.18 bits per heavy atom. The van der Waals surface area contributed by atoms with Crippen molar-refractivity contribution in [3.05, 3.63) is 29.3 Å². The van der Waals surface area contributed by atoms with Crippen molar-refractivity contribution in [3.63, 3.8) is 0 Å². The van der Waals surface area contributed by atoms with Gasteiger partial charge in [-0.05, 0) is 41.9 Å². The molecular formula is C16H19BN2O3. The molecule has 5 nitrogen and oxygen atoms in total. The van der Waals surface area contributed by atoms with Crippen LogP contribution in [0.4, 0.5) is 0 Å². The van der Waals surface area contributed by atoms with Crippen molar-refractivity contribution in [2.45, 2.75) is 44.8 Å². The number of amides is 1. The summed E-state index contributed by atoms with van der Waals surface area (Å²) in [5.74, 6) is -0.0231. The summed E-state index contributed by atoms with van der Waals surface area (Å²) in [7, 11) is -0.965. The Morgan fingerprint density at radius 1 is 1.41 bits per heavy atom. The second kappa shape index (κ2) is 6.51. The van der Waals surface area contributed by atoms with E-state index in [0.29, 0.717) is 17.6 Å². The molecule has 1 amide bonds. The minimum absolute atomic E-state index is 0.242. The Morgan fingerprint density at radius 3 is 2.91 bits per heavy atom. The van der Waals surface area contributed by atoms with Gasteiger partial charge in [0.05, 0.1) is 12.7 Å². The van der Waals surface area contributed by atoms with Gasteiger partial charge in [-0.2, -0.15) is 5.26 Å². The van der Waals surface area contributed by atoms with Crippen molar-refractivity contribution in [1.82, 2.24) is 5.32 Å². The highest BCUT2D eigenvalue weighted by molar-refractivity contribution is 6.61. The molecule has 3 rings (SSSR count). The lowest BCUT2D eigenvalue weighted by Gasteiger charge is -2.26. The Bertz CT molecular complexity index is 608. The first-order chi connectivity index (χ1) is 10.7. The molecule has 1 aliphatic heterocycles. The number of hydrogen-bond donors (Lipinski definition) is 2. The molecule has 22 heavy (non-hydrogen) atoms. The minimum Gasteiger partial charge on any atom is -0.423 e. The largest absolute Gasteiger partial charge is 0.491 e. The lowest BCUT2D eigenvalue weighted by molar-refractivity contribution is 0.0929. The monoisotopic (exact) mass is 298 g/mol. The van der Waals surface area contributed by atoms with Gasteiger partial charge in [-0.3, -0.25) is 4.79 Å². The first kappa shape index (κ1) is 15.1. The molecule has 0 spiro atoms. The number of nitrogens with zero attached hydrogens (tertiary/aromatic N) is 1. The molecule has 0 radical (unpaired) electrons. The number of nitriles is 1. The molecule has 1 aliphatic carbocycles. The highest BCUT2D eigenvalue weighted by Gasteiger charge is 2.29. The Balaban J connectivity index is 1.71. The third-order valence-electron chi connectivity index (χ3n) is 4.62.